The molecule has 0 spiro atoms. The van der Waals surface area contributed by atoms with Crippen molar-refractivity contribution in [2.75, 3.05) is 25.2 Å². The molecule has 1 rings (SSSR count). The molecule has 0 saturated heterocycles. The molecule has 0 aliphatic carbocycles. The summed E-state index contributed by atoms with van der Waals surface area (Å²) in [5.74, 6) is 2.01. The van der Waals surface area contributed by atoms with Gasteiger partial charge in [0, 0.05) is 12.3 Å². The van der Waals surface area contributed by atoms with E-state index in [0.29, 0.717) is 0 Å². The molecule has 0 unspecified atom stereocenters. The average molecular weight is 239 g/mol. The second-order valence-electron chi connectivity index (χ2n) is 3.66. The van der Waals surface area contributed by atoms with Gasteiger partial charge in [0.15, 0.2) is 0 Å². The maximum Gasteiger partial charge on any atom is 0.119 e. The Hall–Kier alpha value is -0.670. The molecule has 1 aromatic carbocycles. The van der Waals surface area contributed by atoms with Crippen molar-refractivity contribution >= 4 is 11.8 Å². The Morgan fingerprint density at radius 1 is 1.25 bits per heavy atom. The second kappa shape index (κ2) is 8.48. The number of hydrogen-bond acceptors (Lipinski definition) is 3. The Balaban J connectivity index is 2.30. The molecule has 3 heteroatoms. The van der Waals surface area contributed by atoms with E-state index in [-0.39, 0.29) is 0 Å². The molecule has 2 nitrogen and oxygen atoms in total. The van der Waals surface area contributed by atoms with Gasteiger partial charge in [-0.25, -0.2) is 0 Å². The molecule has 1 N–H and O–H groups in total. The van der Waals surface area contributed by atoms with E-state index in [9.17, 15) is 0 Å². The minimum Gasteiger partial charge on any atom is -0.493 e. The predicted octanol–water partition coefficient (Wildman–Crippen LogP) is 2.93. The summed E-state index contributed by atoms with van der Waals surface area (Å²) in [6.07, 6.45) is 3.27. The Kier molecular flexibility index (Phi) is 7.10. The minimum atomic E-state index is 0.786. The second-order valence-corrected chi connectivity index (χ2v) is 4.65. The van der Waals surface area contributed by atoms with Gasteiger partial charge in [-0.15, -0.1) is 0 Å². The van der Waals surface area contributed by atoms with Crippen LogP contribution in [-0.2, 0) is 6.54 Å². The third kappa shape index (κ3) is 5.42. The van der Waals surface area contributed by atoms with E-state index in [2.05, 4.69) is 30.6 Å². The number of hydrogen-bond donors (Lipinski definition) is 1. The predicted molar refractivity (Wildman–Crippen MR) is 72.3 cm³/mol. The van der Waals surface area contributed by atoms with Gasteiger partial charge in [-0.3, -0.25) is 0 Å². The van der Waals surface area contributed by atoms with Crippen molar-refractivity contribution < 1.29 is 4.74 Å². The smallest absolute Gasteiger partial charge is 0.119 e. The normalized spacial score (nSPS) is 10.4. The fraction of sp³-hybridized carbons (Fsp3) is 0.538. The highest BCUT2D eigenvalue weighted by atomic mass is 32.2. The van der Waals surface area contributed by atoms with Crippen LogP contribution in [0.5, 0.6) is 5.75 Å². The van der Waals surface area contributed by atoms with E-state index in [0.717, 1.165) is 31.2 Å². The Labute approximate surface area is 103 Å². The Bertz CT molecular complexity index is 245. The highest BCUT2D eigenvalue weighted by Gasteiger charge is 1.95. The van der Waals surface area contributed by atoms with E-state index in [1.54, 1.807) is 11.8 Å². The van der Waals surface area contributed by atoms with Crippen LogP contribution in [0, 0.1) is 0 Å². The molecule has 0 fully saturated rings. The summed E-state index contributed by atoms with van der Waals surface area (Å²) in [6.45, 7) is 4.98. The van der Waals surface area contributed by atoms with Crippen LogP contribution in [0.1, 0.15) is 18.9 Å². The van der Waals surface area contributed by atoms with Gasteiger partial charge >= 0.3 is 0 Å². The first-order valence-electron chi connectivity index (χ1n) is 5.78. The maximum atomic E-state index is 5.59. The summed E-state index contributed by atoms with van der Waals surface area (Å²) >= 11 is 1.80. The SMILES string of the molecule is CCCNCc1ccc(OCCSC)cc1. The van der Waals surface area contributed by atoms with Crippen LogP contribution in [0.4, 0.5) is 0 Å². The lowest BCUT2D eigenvalue weighted by atomic mass is 10.2. The molecule has 0 aliphatic heterocycles. The zero-order valence-corrected chi connectivity index (χ0v) is 11.0. The van der Waals surface area contributed by atoms with Crippen molar-refractivity contribution in [3.8, 4) is 5.75 Å². The van der Waals surface area contributed by atoms with Gasteiger partial charge in [-0.1, -0.05) is 19.1 Å². The van der Waals surface area contributed by atoms with E-state index >= 15 is 0 Å². The monoisotopic (exact) mass is 239 g/mol. The topological polar surface area (TPSA) is 21.3 Å². The van der Waals surface area contributed by atoms with Crippen LogP contribution in [0.2, 0.25) is 0 Å². The van der Waals surface area contributed by atoms with E-state index in [1.165, 1.54) is 12.0 Å². The summed E-state index contributed by atoms with van der Waals surface area (Å²) in [7, 11) is 0. The molecule has 0 heterocycles. The van der Waals surface area contributed by atoms with Crippen LogP contribution in [0.15, 0.2) is 24.3 Å². The highest BCUT2D eigenvalue weighted by molar-refractivity contribution is 7.98. The Morgan fingerprint density at radius 3 is 2.62 bits per heavy atom. The quantitative estimate of drug-likeness (QED) is 0.705. The van der Waals surface area contributed by atoms with E-state index in [1.807, 2.05) is 12.1 Å². The number of thioether (sulfide) groups is 1. The number of ether oxygens (including phenoxy) is 1. The molecule has 90 valence electrons. The van der Waals surface area contributed by atoms with Crippen LogP contribution in [0.25, 0.3) is 0 Å². The fourth-order valence-corrected chi connectivity index (χ4v) is 1.61. The van der Waals surface area contributed by atoms with Crippen molar-refractivity contribution in [1.82, 2.24) is 5.32 Å². The van der Waals surface area contributed by atoms with Gasteiger partial charge < -0.3 is 10.1 Å². The van der Waals surface area contributed by atoms with Crippen molar-refractivity contribution in [2.24, 2.45) is 0 Å². The molecule has 0 bridgehead atoms. The zero-order valence-electron chi connectivity index (χ0n) is 10.2. The number of benzene rings is 1. The zero-order chi connectivity index (χ0) is 11.6. The summed E-state index contributed by atoms with van der Waals surface area (Å²) in [5.41, 5.74) is 1.31. The van der Waals surface area contributed by atoms with Crippen LogP contribution in [-0.4, -0.2) is 25.2 Å². The molecule has 1 aromatic rings. The molecule has 0 aromatic heterocycles. The minimum absolute atomic E-state index is 0.786. The summed E-state index contributed by atoms with van der Waals surface area (Å²) in [5, 5.41) is 3.38. The third-order valence-electron chi connectivity index (χ3n) is 2.24. The molecule has 0 aliphatic rings. The van der Waals surface area contributed by atoms with E-state index in [4.69, 9.17) is 4.74 Å². The van der Waals surface area contributed by atoms with Crippen molar-refractivity contribution in [3.05, 3.63) is 29.8 Å². The average Bonchev–Trinajstić information content (AvgIpc) is 2.32. The lowest BCUT2D eigenvalue weighted by Crippen LogP contribution is -2.13. The van der Waals surface area contributed by atoms with Crippen LogP contribution in [0.3, 0.4) is 0 Å². The van der Waals surface area contributed by atoms with Crippen molar-refractivity contribution in [1.29, 1.82) is 0 Å². The van der Waals surface area contributed by atoms with Gasteiger partial charge in [0.2, 0.25) is 0 Å². The van der Waals surface area contributed by atoms with E-state index < -0.39 is 0 Å². The summed E-state index contributed by atoms with van der Waals surface area (Å²) in [4.78, 5) is 0. The lowest BCUT2D eigenvalue weighted by Gasteiger charge is -2.07. The first kappa shape index (κ1) is 13.4. The first-order valence-corrected chi connectivity index (χ1v) is 7.17. The van der Waals surface area contributed by atoms with Gasteiger partial charge in [-0.2, -0.15) is 11.8 Å². The first-order chi connectivity index (χ1) is 7.86. The third-order valence-corrected chi connectivity index (χ3v) is 2.81. The molecule has 0 amide bonds. The number of nitrogens with one attached hydrogen (secondary N) is 1. The maximum absolute atomic E-state index is 5.59. The molecular weight excluding hydrogens is 218 g/mol. The lowest BCUT2D eigenvalue weighted by molar-refractivity contribution is 0.344. The molecule has 0 radical (unpaired) electrons. The molecular formula is C13H21NOS. The Morgan fingerprint density at radius 2 is 2.00 bits per heavy atom. The van der Waals surface area contributed by atoms with Crippen molar-refractivity contribution in [2.45, 2.75) is 19.9 Å². The van der Waals surface area contributed by atoms with Gasteiger partial charge in [0.05, 0.1) is 6.61 Å². The number of rotatable bonds is 8. The van der Waals surface area contributed by atoms with Crippen molar-refractivity contribution in [3.63, 3.8) is 0 Å². The molecule has 16 heavy (non-hydrogen) atoms. The fourth-order valence-electron chi connectivity index (χ4n) is 1.36. The van der Waals surface area contributed by atoms with Gasteiger partial charge in [0.1, 0.15) is 5.75 Å². The molecule has 0 atom stereocenters. The largest absolute Gasteiger partial charge is 0.493 e. The summed E-state index contributed by atoms with van der Waals surface area (Å²) in [6, 6.07) is 8.33. The van der Waals surface area contributed by atoms with Gasteiger partial charge in [0.25, 0.3) is 0 Å². The standard InChI is InChI=1S/C13H21NOS/c1-3-8-14-11-12-4-6-13(7-5-12)15-9-10-16-2/h4-7,14H,3,8-11H2,1-2H3. The van der Waals surface area contributed by atoms with Crippen LogP contribution < -0.4 is 10.1 Å². The highest BCUT2D eigenvalue weighted by Crippen LogP contribution is 2.12. The van der Waals surface area contributed by atoms with Gasteiger partial charge in [-0.05, 0) is 36.9 Å². The summed E-state index contributed by atoms with van der Waals surface area (Å²) < 4.78 is 5.59. The van der Waals surface area contributed by atoms with Crippen LogP contribution >= 0.6 is 11.8 Å². The molecule has 0 saturated carbocycles.